The Hall–Kier alpha value is -3.46. The number of aryl methyl sites for hydroxylation is 1. The number of thiazole rings is 1. The maximum absolute atomic E-state index is 13.1. The van der Waals surface area contributed by atoms with Crippen molar-refractivity contribution in [2.45, 2.75) is 19.9 Å². The lowest BCUT2D eigenvalue weighted by Gasteiger charge is -2.18. The summed E-state index contributed by atoms with van der Waals surface area (Å²) in [6.07, 6.45) is 0. The first-order chi connectivity index (χ1) is 15.4. The molecule has 2 aromatic heterocycles. The summed E-state index contributed by atoms with van der Waals surface area (Å²) in [5, 5.41) is 8.29. The molecule has 9 heteroatoms. The zero-order valence-corrected chi connectivity index (χ0v) is 19.1. The first-order valence-electron chi connectivity index (χ1n) is 10.1. The van der Waals surface area contributed by atoms with Crippen LogP contribution in [0.15, 0.2) is 48.5 Å². The molecule has 32 heavy (non-hydrogen) atoms. The van der Waals surface area contributed by atoms with Crippen LogP contribution in [0.4, 0.5) is 9.52 Å². The number of carbonyl (C=O) groups excluding carboxylic acids is 1. The number of nitrogens with zero attached hydrogens (tertiary/aromatic N) is 4. The SMILES string of the molecule is COc1ccc(-n2nc(C)c3sc(N(C)CC(=O)N[C@@H](C)c4ccc(F)cc4)nc32)cc1. The molecular weight excluding hydrogens is 429 g/mol. The number of methoxy groups -OCH3 is 1. The van der Waals surface area contributed by atoms with Gasteiger partial charge in [0.2, 0.25) is 5.91 Å². The molecule has 0 spiro atoms. The van der Waals surface area contributed by atoms with E-state index in [1.807, 2.05) is 50.1 Å². The van der Waals surface area contributed by atoms with E-state index in [0.29, 0.717) is 0 Å². The molecule has 4 aromatic rings. The van der Waals surface area contributed by atoms with Crippen LogP contribution in [-0.2, 0) is 4.79 Å². The van der Waals surface area contributed by atoms with Gasteiger partial charge in [-0.25, -0.2) is 9.07 Å². The van der Waals surface area contributed by atoms with Gasteiger partial charge in [-0.1, -0.05) is 23.5 Å². The van der Waals surface area contributed by atoms with E-state index in [9.17, 15) is 9.18 Å². The second-order valence-electron chi connectivity index (χ2n) is 7.54. The summed E-state index contributed by atoms with van der Waals surface area (Å²) in [4.78, 5) is 19.1. The zero-order valence-electron chi connectivity index (χ0n) is 18.3. The van der Waals surface area contributed by atoms with Crippen molar-refractivity contribution in [2.24, 2.45) is 0 Å². The Kier molecular flexibility index (Phi) is 6.09. The second-order valence-corrected chi connectivity index (χ2v) is 8.52. The van der Waals surface area contributed by atoms with Gasteiger partial charge in [0.25, 0.3) is 0 Å². The smallest absolute Gasteiger partial charge is 0.240 e. The van der Waals surface area contributed by atoms with Crippen molar-refractivity contribution < 1.29 is 13.9 Å². The molecule has 0 fully saturated rings. The van der Waals surface area contributed by atoms with Crippen LogP contribution >= 0.6 is 11.3 Å². The van der Waals surface area contributed by atoms with E-state index in [4.69, 9.17) is 9.72 Å². The van der Waals surface area contributed by atoms with Crippen LogP contribution in [0.2, 0.25) is 0 Å². The summed E-state index contributed by atoms with van der Waals surface area (Å²) >= 11 is 1.50. The fourth-order valence-corrected chi connectivity index (χ4v) is 4.34. The van der Waals surface area contributed by atoms with Crippen LogP contribution in [0.1, 0.15) is 24.2 Å². The molecule has 2 heterocycles. The molecule has 0 aliphatic carbocycles. The molecule has 1 amide bonds. The molecule has 1 N–H and O–H groups in total. The summed E-state index contributed by atoms with van der Waals surface area (Å²) < 4.78 is 21.1. The predicted molar refractivity (Wildman–Crippen MR) is 124 cm³/mol. The van der Waals surface area contributed by atoms with Crippen LogP contribution in [0, 0.1) is 12.7 Å². The minimum Gasteiger partial charge on any atom is -0.497 e. The lowest BCUT2D eigenvalue weighted by molar-refractivity contribution is -0.120. The van der Waals surface area contributed by atoms with Crippen LogP contribution in [-0.4, -0.2) is 41.4 Å². The Labute approximate surface area is 189 Å². The molecule has 166 valence electrons. The van der Waals surface area contributed by atoms with Gasteiger partial charge >= 0.3 is 0 Å². The summed E-state index contributed by atoms with van der Waals surface area (Å²) in [7, 11) is 3.46. The Morgan fingerprint density at radius 1 is 1.22 bits per heavy atom. The number of nitrogens with one attached hydrogen (secondary N) is 1. The van der Waals surface area contributed by atoms with Crippen LogP contribution in [0.25, 0.3) is 16.0 Å². The van der Waals surface area contributed by atoms with E-state index in [1.165, 1.54) is 23.5 Å². The van der Waals surface area contributed by atoms with Gasteiger partial charge in [-0.3, -0.25) is 4.79 Å². The molecule has 7 nitrogen and oxygen atoms in total. The highest BCUT2D eigenvalue weighted by atomic mass is 32.1. The molecule has 0 aliphatic heterocycles. The van der Waals surface area contributed by atoms with E-state index in [-0.39, 0.29) is 24.3 Å². The lowest BCUT2D eigenvalue weighted by atomic mass is 10.1. The van der Waals surface area contributed by atoms with Crippen molar-refractivity contribution >= 4 is 32.7 Å². The standard InChI is InChI=1S/C23H24FN5O2S/c1-14(16-5-7-17(24)8-6-16)25-20(30)13-28(3)23-26-22-21(32-23)15(2)27-29(22)18-9-11-19(31-4)12-10-18/h5-12,14H,13H2,1-4H3,(H,25,30)/t14-/m0/s1. The monoisotopic (exact) mass is 453 g/mol. The van der Waals surface area contributed by atoms with Gasteiger partial charge in [-0.15, -0.1) is 0 Å². The average Bonchev–Trinajstić information content (AvgIpc) is 3.35. The Balaban J connectivity index is 1.49. The van der Waals surface area contributed by atoms with Gasteiger partial charge in [-0.2, -0.15) is 10.1 Å². The highest BCUT2D eigenvalue weighted by molar-refractivity contribution is 7.22. The fourth-order valence-electron chi connectivity index (χ4n) is 3.39. The first-order valence-corrected chi connectivity index (χ1v) is 10.9. The fraction of sp³-hybridized carbons (Fsp3) is 0.261. The maximum atomic E-state index is 13.1. The van der Waals surface area contributed by atoms with Crippen LogP contribution < -0.4 is 15.0 Å². The third-order valence-electron chi connectivity index (χ3n) is 5.15. The molecule has 2 aromatic carbocycles. The van der Waals surface area contributed by atoms with Crippen molar-refractivity contribution in [1.29, 1.82) is 0 Å². The minimum atomic E-state index is -0.300. The molecule has 0 radical (unpaired) electrons. The largest absolute Gasteiger partial charge is 0.497 e. The number of fused-ring (bicyclic) bond motifs is 1. The van der Waals surface area contributed by atoms with E-state index in [0.717, 1.165) is 38.2 Å². The van der Waals surface area contributed by atoms with Gasteiger partial charge in [0.1, 0.15) is 11.6 Å². The number of rotatable bonds is 7. The molecule has 0 aliphatic rings. The van der Waals surface area contributed by atoms with Crippen molar-refractivity contribution in [3.8, 4) is 11.4 Å². The molecule has 1 atom stereocenters. The molecule has 0 saturated carbocycles. The number of halogens is 1. The summed E-state index contributed by atoms with van der Waals surface area (Å²) in [6.45, 7) is 3.97. The highest BCUT2D eigenvalue weighted by Gasteiger charge is 2.19. The zero-order chi connectivity index (χ0) is 22.8. The van der Waals surface area contributed by atoms with Crippen molar-refractivity contribution in [3.05, 3.63) is 65.6 Å². The van der Waals surface area contributed by atoms with Gasteiger partial charge in [-0.05, 0) is 55.8 Å². The normalized spacial score (nSPS) is 12.0. The summed E-state index contributed by atoms with van der Waals surface area (Å²) in [6, 6.07) is 13.5. The van der Waals surface area contributed by atoms with E-state index in [2.05, 4.69) is 10.4 Å². The van der Waals surface area contributed by atoms with Gasteiger partial charge in [0.05, 0.1) is 35.8 Å². The predicted octanol–water partition coefficient (Wildman–Crippen LogP) is 4.25. The number of hydrogen-bond donors (Lipinski definition) is 1. The van der Waals surface area contributed by atoms with Gasteiger partial charge in [0.15, 0.2) is 10.8 Å². The average molecular weight is 454 g/mol. The number of amides is 1. The van der Waals surface area contributed by atoms with Crippen molar-refractivity contribution in [2.75, 3.05) is 25.6 Å². The molecule has 4 rings (SSSR count). The highest BCUT2D eigenvalue weighted by Crippen LogP contribution is 2.32. The number of anilines is 1. The number of aromatic nitrogens is 3. The summed E-state index contributed by atoms with van der Waals surface area (Å²) in [5.74, 6) is 0.330. The minimum absolute atomic E-state index is 0.142. The maximum Gasteiger partial charge on any atom is 0.240 e. The number of ether oxygens (including phenoxy) is 1. The van der Waals surface area contributed by atoms with Crippen molar-refractivity contribution in [1.82, 2.24) is 20.1 Å². The van der Waals surface area contributed by atoms with Crippen molar-refractivity contribution in [3.63, 3.8) is 0 Å². The van der Waals surface area contributed by atoms with Crippen LogP contribution in [0.5, 0.6) is 5.75 Å². The topological polar surface area (TPSA) is 72.3 Å². The number of likely N-dealkylation sites (N-methyl/N-ethyl adjacent to an activating group) is 1. The number of carbonyl (C=O) groups is 1. The third kappa shape index (κ3) is 4.43. The van der Waals surface area contributed by atoms with E-state index < -0.39 is 0 Å². The molecule has 0 bridgehead atoms. The Bertz CT molecular complexity index is 1230. The van der Waals surface area contributed by atoms with E-state index >= 15 is 0 Å². The molecule has 0 unspecified atom stereocenters. The quantitative estimate of drug-likeness (QED) is 0.453. The Morgan fingerprint density at radius 2 is 1.91 bits per heavy atom. The lowest BCUT2D eigenvalue weighted by Crippen LogP contribution is -2.36. The molecule has 0 saturated heterocycles. The number of benzene rings is 2. The van der Waals surface area contributed by atoms with Crippen LogP contribution in [0.3, 0.4) is 0 Å². The Morgan fingerprint density at radius 3 is 2.56 bits per heavy atom. The van der Waals surface area contributed by atoms with Gasteiger partial charge in [0, 0.05) is 7.05 Å². The first kappa shape index (κ1) is 21.8. The summed E-state index contributed by atoms with van der Waals surface area (Å²) in [5.41, 5.74) is 3.36. The number of hydrogen-bond acceptors (Lipinski definition) is 6. The second kappa shape index (κ2) is 8.96. The van der Waals surface area contributed by atoms with Gasteiger partial charge < -0.3 is 15.0 Å². The third-order valence-corrected chi connectivity index (χ3v) is 6.42. The van der Waals surface area contributed by atoms with E-state index in [1.54, 1.807) is 23.9 Å². The molecular formula is C23H24FN5O2S.